The first kappa shape index (κ1) is 11.8. The Morgan fingerprint density at radius 1 is 1.29 bits per heavy atom. The predicted molar refractivity (Wildman–Crippen MR) is 66.8 cm³/mol. The first-order chi connectivity index (χ1) is 8.27. The molecule has 0 bridgehead atoms. The Morgan fingerprint density at radius 2 is 2.00 bits per heavy atom. The number of carbonyl (C=O) groups excluding carboxylic acids is 1. The van der Waals surface area contributed by atoms with Crippen LogP contribution in [-0.4, -0.2) is 30.5 Å². The van der Waals surface area contributed by atoms with Gasteiger partial charge in [-0.3, -0.25) is 4.79 Å². The quantitative estimate of drug-likeness (QED) is 0.806. The zero-order valence-corrected chi connectivity index (χ0v) is 9.89. The summed E-state index contributed by atoms with van der Waals surface area (Å²) in [6, 6.07) is 7.33. The third kappa shape index (κ3) is 3.12. The number of benzene rings is 1. The molecule has 1 amide bonds. The fraction of sp³-hybridized carbons (Fsp3) is 0.462. The Labute approximate surface area is 101 Å². The van der Waals surface area contributed by atoms with Crippen molar-refractivity contribution >= 4 is 11.6 Å². The van der Waals surface area contributed by atoms with Gasteiger partial charge in [0.1, 0.15) is 5.75 Å². The van der Waals surface area contributed by atoms with Crippen LogP contribution in [0, 0.1) is 0 Å². The molecule has 2 rings (SSSR count). The first-order valence-corrected chi connectivity index (χ1v) is 6.02. The molecule has 4 heteroatoms. The molecule has 2 N–H and O–H groups in total. The summed E-state index contributed by atoms with van der Waals surface area (Å²) < 4.78 is 5.49. The first-order valence-electron chi connectivity index (χ1n) is 6.02. The molecule has 0 radical (unpaired) electrons. The van der Waals surface area contributed by atoms with Crippen LogP contribution in [0.1, 0.15) is 19.3 Å². The van der Waals surface area contributed by atoms with Gasteiger partial charge in [0.15, 0.2) is 0 Å². The molecule has 1 fully saturated rings. The Bertz CT molecular complexity index is 387. The van der Waals surface area contributed by atoms with E-state index in [1.807, 2.05) is 23.1 Å². The van der Waals surface area contributed by atoms with Gasteiger partial charge in [0.25, 0.3) is 0 Å². The molecule has 0 unspecified atom stereocenters. The second-order valence-corrected chi connectivity index (χ2v) is 4.22. The van der Waals surface area contributed by atoms with Gasteiger partial charge in [0.05, 0.1) is 18.7 Å². The van der Waals surface area contributed by atoms with Gasteiger partial charge in [-0.2, -0.15) is 0 Å². The van der Waals surface area contributed by atoms with E-state index in [0.29, 0.717) is 24.5 Å². The van der Waals surface area contributed by atoms with Crippen molar-refractivity contribution in [2.24, 2.45) is 0 Å². The summed E-state index contributed by atoms with van der Waals surface area (Å²) in [5.41, 5.74) is 6.35. The number of ether oxygens (including phenoxy) is 1. The monoisotopic (exact) mass is 234 g/mol. The van der Waals surface area contributed by atoms with Crippen LogP contribution in [0.2, 0.25) is 0 Å². The minimum atomic E-state index is 0.178. The van der Waals surface area contributed by atoms with Gasteiger partial charge in [-0.1, -0.05) is 12.1 Å². The number of nitrogens with two attached hydrogens (primary N) is 1. The van der Waals surface area contributed by atoms with Crippen molar-refractivity contribution in [1.29, 1.82) is 0 Å². The molecule has 0 aliphatic carbocycles. The average Bonchev–Trinajstić information content (AvgIpc) is 2.85. The summed E-state index contributed by atoms with van der Waals surface area (Å²) in [5, 5.41) is 0. The van der Waals surface area contributed by atoms with E-state index in [4.69, 9.17) is 10.5 Å². The van der Waals surface area contributed by atoms with Crippen LogP contribution in [0.15, 0.2) is 24.3 Å². The summed E-state index contributed by atoms with van der Waals surface area (Å²) in [5.74, 6) is 0.832. The molecular weight excluding hydrogens is 216 g/mol. The van der Waals surface area contributed by atoms with E-state index in [0.717, 1.165) is 25.9 Å². The van der Waals surface area contributed by atoms with Gasteiger partial charge in [0, 0.05) is 13.1 Å². The molecule has 0 aromatic heterocycles. The SMILES string of the molecule is Nc1ccccc1OCCC(=O)N1CCCC1. The summed E-state index contributed by atoms with van der Waals surface area (Å²) in [6.45, 7) is 2.18. The number of amides is 1. The van der Waals surface area contributed by atoms with Crippen molar-refractivity contribution in [1.82, 2.24) is 4.90 Å². The van der Waals surface area contributed by atoms with Gasteiger partial charge in [-0.25, -0.2) is 0 Å². The third-order valence-electron chi connectivity index (χ3n) is 2.95. The van der Waals surface area contributed by atoms with Crippen LogP contribution >= 0.6 is 0 Å². The minimum Gasteiger partial charge on any atom is -0.491 e. The summed E-state index contributed by atoms with van der Waals surface area (Å²) in [7, 11) is 0. The van der Waals surface area contributed by atoms with Crippen LogP contribution in [0.25, 0.3) is 0 Å². The number of likely N-dealkylation sites (tertiary alicyclic amines) is 1. The Morgan fingerprint density at radius 3 is 2.71 bits per heavy atom. The van der Waals surface area contributed by atoms with Crippen LogP contribution in [0.3, 0.4) is 0 Å². The normalized spacial score (nSPS) is 14.9. The van der Waals surface area contributed by atoms with Crippen molar-refractivity contribution in [3.05, 3.63) is 24.3 Å². The molecule has 17 heavy (non-hydrogen) atoms. The standard InChI is InChI=1S/C13H18N2O2/c14-11-5-1-2-6-12(11)17-10-7-13(16)15-8-3-4-9-15/h1-2,5-6H,3-4,7-10,14H2. The molecule has 0 atom stereocenters. The molecule has 4 nitrogen and oxygen atoms in total. The predicted octanol–water partition coefficient (Wildman–Crippen LogP) is 1.66. The molecule has 0 spiro atoms. The van der Waals surface area contributed by atoms with E-state index >= 15 is 0 Å². The zero-order chi connectivity index (χ0) is 12.1. The minimum absolute atomic E-state index is 0.178. The zero-order valence-electron chi connectivity index (χ0n) is 9.89. The number of hydrogen-bond acceptors (Lipinski definition) is 3. The van der Waals surface area contributed by atoms with Gasteiger partial charge in [0.2, 0.25) is 5.91 Å². The van der Waals surface area contributed by atoms with Crippen molar-refractivity contribution in [3.8, 4) is 5.75 Å². The largest absolute Gasteiger partial charge is 0.491 e. The Balaban J connectivity index is 1.76. The molecule has 92 valence electrons. The van der Waals surface area contributed by atoms with Crippen LogP contribution in [0.5, 0.6) is 5.75 Å². The average molecular weight is 234 g/mol. The number of carbonyl (C=O) groups is 1. The van der Waals surface area contributed by atoms with Gasteiger partial charge in [-0.05, 0) is 25.0 Å². The highest BCUT2D eigenvalue weighted by Gasteiger charge is 2.17. The van der Waals surface area contributed by atoms with Crippen LogP contribution in [0.4, 0.5) is 5.69 Å². The molecule has 1 aromatic rings. The van der Waals surface area contributed by atoms with E-state index in [9.17, 15) is 4.79 Å². The van der Waals surface area contributed by atoms with E-state index in [-0.39, 0.29) is 5.91 Å². The van der Waals surface area contributed by atoms with Crippen LogP contribution < -0.4 is 10.5 Å². The Hall–Kier alpha value is -1.71. The molecule has 1 aliphatic heterocycles. The number of hydrogen-bond donors (Lipinski definition) is 1. The summed E-state index contributed by atoms with van der Waals surface area (Å²) in [6.07, 6.45) is 2.67. The molecule has 0 saturated carbocycles. The second kappa shape index (κ2) is 5.57. The van der Waals surface area contributed by atoms with Crippen molar-refractivity contribution in [2.45, 2.75) is 19.3 Å². The van der Waals surface area contributed by atoms with E-state index in [1.54, 1.807) is 6.07 Å². The maximum Gasteiger partial charge on any atom is 0.225 e. The lowest BCUT2D eigenvalue weighted by atomic mass is 10.3. The van der Waals surface area contributed by atoms with Gasteiger partial charge >= 0.3 is 0 Å². The van der Waals surface area contributed by atoms with E-state index in [1.165, 1.54) is 0 Å². The number of rotatable bonds is 4. The van der Waals surface area contributed by atoms with E-state index in [2.05, 4.69) is 0 Å². The lowest BCUT2D eigenvalue weighted by Gasteiger charge is -2.15. The maximum atomic E-state index is 11.7. The maximum absolute atomic E-state index is 11.7. The lowest BCUT2D eigenvalue weighted by Crippen LogP contribution is -2.28. The van der Waals surface area contributed by atoms with Crippen molar-refractivity contribution in [2.75, 3.05) is 25.4 Å². The number of nitrogen functional groups attached to an aromatic ring is 1. The van der Waals surface area contributed by atoms with Crippen molar-refractivity contribution in [3.63, 3.8) is 0 Å². The number of para-hydroxylation sites is 2. The highest BCUT2D eigenvalue weighted by atomic mass is 16.5. The fourth-order valence-electron chi connectivity index (χ4n) is 1.98. The van der Waals surface area contributed by atoms with E-state index < -0.39 is 0 Å². The molecule has 1 saturated heterocycles. The topological polar surface area (TPSA) is 55.6 Å². The second-order valence-electron chi connectivity index (χ2n) is 4.22. The molecule has 1 aliphatic rings. The highest BCUT2D eigenvalue weighted by Crippen LogP contribution is 2.20. The number of nitrogens with zero attached hydrogens (tertiary/aromatic N) is 1. The van der Waals surface area contributed by atoms with Crippen molar-refractivity contribution < 1.29 is 9.53 Å². The number of anilines is 1. The third-order valence-corrected chi connectivity index (χ3v) is 2.95. The fourth-order valence-corrected chi connectivity index (χ4v) is 1.98. The highest BCUT2D eigenvalue weighted by molar-refractivity contribution is 5.76. The summed E-state index contributed by atoms with van der Waals surface area (Å²) in [4.78, 5) is 13.6. The van der Waals surface area contributed by atoms with Gasteiger partial charge < -0.3 is 15.4 Å². The Kier molecular flexibility index (Phi) is 3.85. The lowest BCUT2D eigenvalue weighted by molar-refractivity contribution is -0.130. The molecular formula is C13H18N2O2. The molecule has 1 aromatic carbocycles. The smallest absolute Gasteiger partial charge is 0.225 e. The summed E-state index contributed by atoms with van der Waals surface area (Å²) >= 11 is 0. The van der Waals surface area contributed by atoms with Gasteiger partial charge in [-0.15, -0.1) is 0 Å². The molecule has 1 heterocycles. The van der Waals surface area contributed by atoms with Crippen LogP contribution in [-0.2, 0) is 4.79 Å².